The summed E-state index contributed by atoms with van der Waals surface area (Å²) in [6.45, 7) is 6.05. The number of ketones is 1. The highest BCUT2D eigenvalue weighted by atomic mass is 16.1. The average molecular weight is 294 g/mol. The summed E-state index contributed by atoms with van der Waals surface area (Å²) in [7, 11) is 0. The monoisotopic (exact) mass is 294 g/mol. The Hall–Kier alpha value is -2.66. The van der Waals surface area contributed by atoms with Crippen LogP contribution in [0.3, 0.4) is 0 Å². The SMILES string of the molecule is C=CCC1CC(=Nc2c(C#N)cnn2CCC#CC)CC1=O. The number of aryl methyl sites for hydroxylation is 1. The van der Waals surface area contributed by atoms with E-state index in [2.05, 4.69) is 34.6 Å². The van der Waals surface area contributed by atoms with Crippen LogP contribution in [0.2, 0.25) is 0 Å². The molecule has 0 aromatic carbocycles. The number of hydrogen-bond donors (Lipinski definition) is 0. The summed E-state index contributed by atoms with van der Waals surface area (Å²) >= 11 is 0. The molecule has 0 spiro atoms. The molecule has 1 unspecified atom stereocenters. The molecule has 0 aliphatic heterocycles. The molecule has 0 radical (unpaired) electrons. The minimum absolute atomic E-state index is 0.0240. The van der Waals surface area contributed by atoms with Crippen molar-refractivity contribution in [1.29, 1.82) is 5.26 Å². The number of rotatable bonds is 5. The number of Topliss-reactive ketones (excluding diaryl/α,β-unsaturated/α-hetero) is 1. The van der Waals surface area contributed by atoms with Crippen LogP contribution in [0.1, 0.15) is 38.2 Å². The number of allylic oxidation sites excluding steroid dienone is 1. The first-order valence-electron chi connectivity index (χ1n) is 7.25. The van der Waals surface area contributed by atoms with Gasteiger partial charge in [0, 0.05) is 24.5 Å². The molecule has 2 rings (SSSR count). The van der Waals surface area contributed by atoms with E-state index in [4.69, 9.17) is 0 Å². The van der Waals surface area contributed by atoms with Gasteiger partial charge in [-0.25, -0.2) is 9.67 Å². The maximum Gasteiger partial charge on any atom is 0.168 e. The molecule has 1 aromatic rings. The van der Waals surface area contributed by atoms with Gasteiger partial charge in [0.05, 0.1) is 12.7 Å². The van der Waals surface area contributed by atoms with E-state index >= 15 is 0 Å². The topological polar surface area (TPSA) is 71.0 Å². The molecule has 1 aliphatic carbocycles. The van der Waals surface area contributed by atoms with Gasteiger partial charge in [0.25, 0.3) is 0 Å². The van der Waals surface area contributed by atoms with Crippen molar-refractivity contribution in [3.63, 3.8) is 0 Å². The van der Waals surface area contributed by atoms with E-state index < -0.39 is 0 Å². The Bertz CT molecular complexity index is 709. The van der Waals surface area contributed by atoms with Crippen molar-refractivity contribution in [3.05, 3.63) is 24.4 Å². The number of hydrogen-bond acceptors (Lipinski definition) is 4. The summed E-state index contributed by atoms with van der Waals surface area (Å²) in [6, 6.07) is 2.10. The van der Waals surface area contributed by atoms with Gasteiger partial charge in [-0.15, -0.1) is 18.4 Å². The number of aromatic nitrogens is 2. The molecule has 1 aromatic heterocycles. The Kier molecular flexibility index (Phi) is 5.27. The van der Waals surface area contributed by atoms with Crippen LogP contribution in [-0.4, -0.2) is 21.3 Å². The smallest absolute Gasteiger partial charge is 0.168 e. The van der Waals surface area contributed by atoms with Crippen molar-refractivity contribution in [2.45, 2.75) is 39.2 Å². The molecule has 0 N–H and O–H groups in total. The average Bonchev–Trinajstić information content (AvgIpc) is 3.04. The predicted molar refractivity (Wildman–Crippen MR) is 84.6 cm³/mol. The quantitative estimate of drug-likeness (QED) is 0.619. The van der Waals surface area contributed by atoms with E-state index in [0.29, 0.717) is 43.6 Å². The summed E-state index contributed by atoms with van der Waals surface area (Å²) < 4.78 is 1.68. The third kappa shape index (κ3) is 3.51. The second-order valence-corrected chi connectivity index (χ2v) is 5.14. The molecule has 1 saturated carbocycles. The number of nitriles is 1. The maximum absolute atomic E-state index is 11.9. The van der Waals surface area contributed by atoms with E-state index in [-0.39, 0.29) is 11.7 Å². The zero-order valence-electron chi connectivity index (χ0n) is 12.7. The third-order valence-electron chi connectivity index (χ3n) is 3.59. The number of nitrogens with zero attached hydrogens (tertiary/aromatic N) is 4. The predicted octanol–water partition coefficient (Wildman–Crippen LogP) is 2.80. The lowest BCUT2D eigenvalue weighted by Crippen LogP contribution is -2.03. The van der Waals surface area contributed by atoms with Crippen molar-refractivity contribution in [3.8, 4) is 17.9 Å². The molecule has 0 bridgehead atoms. The van der Waals surface area contributed by atoms with Gasteiger partial charge >= 0.3 is 0 Å². The summed E-state index contributed by atoms with van der Waals surface area (Å²) in [4.78, 5) is 16.5. The Labute approximate surface area is 130 Å². The highest BCUT2D eigenvalue weighted by Crippen LogP contribution is 2.27. The first-order chi connectivity index (χ1) is 10.7. The summed E-state index contributed by atoms with van der Waals surface area (Å²) in [6.07, 6.45) is 5.59. The minimum Gasteiger partial charge on any atom is -0.299 e. The fourth-order valence-electron chi connectivity index (χ4n) is 2.49. The van der Waals surface area contributed by atoms with E-state index in [9.17, 15) is 10.1 Å². The number of aliphatic imine (C=N–C) groups is 1. The lowest BCUT2D eigenvalue weighted by molar-refractivity contribution is -0.120. The second-order valence-electron chi connectivity index (χ2n) is 5.14. The number of carbonyl (C=O) groups is 1. The molecule has 1 fully saturated rings. The normalized spacial score (nSPS) is 18.8. The first-order valence-corrected chi connectivity index (χ1v) is 7.25. The third-order valence-corrected chi connectivity index (χ3v) is 3.59. The van der Waals surface area contributed by atoms with Gasteiger partial charge in [-0.1, -0.05) is 6.08 Å². The van der Waals surface area contributed by atoms with Gasteiger partial charge in [0.1, 0.15) is 17.4 Å². The molecule has 5 heteroatoms. The van der Waals surface area contributed by atoms with Crippen LogP contribution in [-0.2, 0) is 11.3 Å². The highest BCUT2D eigenvalue weighted by Gasteiger charge is 2.28. The van der Waals surface area contributed by atoms with E-state index in [1.54, 1.807) is 17.7 Å². The van der Waals surface area contributed by atoms with E-state index in [1.165, 1.54) is 6.20 Å². The van der Waals surface area contributed by atoms with Crippen molar-refractivity contribution in [1.82, 2.24) is 9.78 Å². The van der Waals surface area contributed by atoms with Crippen LogP contribution in [0, 0.1) is 29.1 Å². The van der Waals surface area contributed by atoms with Gasteiger partial charge in [-0.05, 0) is 19.8 Å². The Morgan fingerprint density at radius 2 is 2.45 bits per heavy atom. The fraction of sp³-hybridized carbons (Fsp3) is 0.412. The first kappa shape index (κ1) is 15.7. The Morgan fingerprint density at radius 1 is 1.64 bits per heavy atom. The molecule has 1 atom stereocenters. The molecule has 112 valence electrons. The lowest BCUT2D eigenvalue weighted by atomic mass is 10.0. The van der Waals surface area contributed by atoms with Crippen LogP contribution in [0.25, 0.3) is 0 Å². The molecule has 0 saturated heterocycles. The van der Waals surface area contributed by atoms with Crippen LogP contribution in [0.4, 0.5) is 5.82 Å². The van der Waals surface area contributed by atoms with Crippen LogP contribution < -0.4 is 0 Å². The molecule has 22 heavy (non-hydrogen) atoms. The standard InChI is InChI=1S/C17H18N4O/c1-3-5-6-8-21-17(14(11-18)12-19-21)20-15-9-13(7-4-2)16(22)10-15/h4,12-13H,2,6-10H2,1H3. The Morgan fingerprint density at radius 3 is 3.14 bits per heavy atom. The number of carbonyl (C=O) groups excluding carboxylic acids is 1. The molecular formula is C17H18N4O. The van der Waals surface area contributed by atoms with Crippen molar-refractivity contribution >= 4 is 17.3 Å². The lowest BCUT2D eigenvalue weighted by Gasteiger charge is -2.03. The van der Waals surface area contributed by atoms with Crippen LogP contribution in [0.15, 0.2) is 23.8 Å². The maximum atomic E-state index is 11.9. The summed E-state index contributed by atoms with van der Waals surface area (Å²) in [5.41, 5.74) is 1.24. The molecule has 1 heterocycles. The zero-order chi connectivity index (χ0) is 15.9. The Balaban J connectivity index is 2.24. The van der Waals surface area contributed by atoms with Crippen molar-refractivity contribution in [2.24, 2.45) is 10.9 Å². The van der Waals surface area contributed by atoms with Crippen LogP contribution >= 0.6 is 0 Å². The highest BCUT2D eigenvalue weighted by molar-refractivity contribution is 6.10. The van der Waals surface area contributed by atoms with Gasteiger partial charge in [0.15, 0.2) is 5.82 Å². The van der Waals surface area contributed by atoms with Crippen LogP contribution in [0.5, 0.6) is 0 Å². The van der Waals surface area contributed by atoms with Gasteiger partial charge in [-0.2, -0.15) is 10.4 Å². The van der Waals surface area contributed by atoms with E-state index in [1.807, 2.05) is 0 Å². The molecule has 5 nitrogen and oxygen atoms in total. The van der Waals surface area contributed by atoms with E-state index in [0.717, 1.165) is 5.71 Å². The van der Waals surface area contributed by atoms with Gasteiger partial charge in [-0.3, -0.25) is 4.79 Å². The molecule has 0 amide bonds. The van der Waals surface area contributed by atoms with Gasteiger partial charge < -0.3 is 0 Å². The summed E-state index contributed by atoms with van der Waals surface area (Å²) in [5, 5.41) is 13.4. The second kappa shape index (κ2) is 7.38. The van der Waals surface area contributed by atoms with Crippen molar-refractivity contribution in [2.75, 3.05) is 0 Å². The minimum atomic E-state index is -0.0240. The largest absolute Gasteiger partial charge is 0.299 e. The zero-order valence-corrected chi connectivity index (χ0v) is 12.7. The van der Waals surface area contributed by atoms with Gasteiger partial charge in [0.2, 0.25) is 0 Å². The fourth-order valence-corrected chi connectivity index (χ4v) is 2.49. The van der Waals surface area contributed by atoms with Crippen molar-refractivity contribution < 1.29 is 4.79 Å². The summed E-state index contributed by atoms with van der Waals surface area (Å²) in [5.74, 6) is 6.50. The molecule has 1 aliphatic rings. The molecular weight excluding hydrogens is 276 g/mol.